The smallest absolute Gasteiger partial charge is 0.255 e. The molecule has 23 heavy (non-hydrogen) atoms. The number of methoxy groups -OCH3 is 1. The van der Waals surface area contributed by atoms with Crippen molar-refractivity contribution in [3.05, 3.63) is 64.4 Å². The zero-order valence-corrected chi connectivity index (χ0v) is 14.1. The average molecular weight is 336 g/mol. The number of halogens is 2. The SMILES string of the molecule is COc1cc(Cl)ccc1C(=O)NCC(C)(C)c1ccccc1F. The van der Waals surface area contributed by atoms with Crippen molar-refractivity contribution in [3.63, 3.8) is 0 Å². The molecule has 0 fully saturated rings. The van der Waals surface area contributed by atoms with Crippen LogP contribution in [0.1, 0.15) is 29.8 Å². The first-order valence-corrected chi connectivity index (χ1v) is 7.59. The number of carbonyl (C=O) groups excluding carboxylic acids is 1. The number of carbonyl (C=O) groups is 1. The largest absolute Gasteiger partial charge is 0.496 e. The van der Waals surface area contributed by atoms with Crippen LogP contribution in [0.5, 0.6) is 5.75 Å². The van der Waals surface area contributed by atoms with E-state index >= 15 is 0 Å². The van der Waals surface area contributed by atoms with Gasteiger partial charge in [0.15, 0.2) is 0 Å². The normalized spacial score (nSPS) is 11.2. The average Bonchev–Trinajstić information content (AvgIpc) is 2.52. The molecule has 0 heterocycles. The van der Waals surface area contributed by atoms with Crippen LogP contribution in [0.25, 0.3) is 0 Å². The molecule has 0 radical (unpaired) electrons. The highest BCUT2D eigenvalue weighted by molar-refractivity contribution is 6.30. The van der Waals surface area contributed by atoms with Gasteiger partial charge in [-0.2, -0.15) is 0 Å². The predicted molar refractivity (Wildman–Crippen MR) is 89.8 cm³/mol. The molecular weight excluding hydrogens is 317 g/mol. The van der Waals surface area contributed by atoms with E-state index in [2.05, 4.69) is 5.32 Å². The fourth-order valence-corrected chi connectivity index (χ4v) is 2.52. The second kappa shape index (κ2) is 7.01. The number of benzene rings is 2. The predicted octanol–water partition coefficient (Wildman–Crippen LogP) is 4.20. The summed E-state index contributed by atoms with van der Waals surface area (Å²) in [4.78, 5) is 12.4. The minimum atomic E-state index is -0.541. The van der Waals surface area contributed by atoms with Crippen LogP contribution in [0.15, 0.2) is 42.5 Å². The number of hydrogen-bond donors (Lipinski definition) is 1. The lowest BCUT2D eigenvalue weighted by atomic mass is 9.84. The van der Waals surface area contributed by atoms with E-state index in [0.29, 0.717) is 28.4 Å². The quantitative estimate of drug-likeness (QED) is 0.889. The Hall–Kier alpha value is -2.07. The van der Waals surface area contributed by atoms with Gasteiger partial charge >= 0.3 is 0 Å². The molecule has 3 nitrogen and oxygen atoms in total. The van der Waals surface area contributed by atoms with E-state index in [1.807, 2.05) is 13.8 Å². The third kappa shape index (κ3) is 4.02. The summed E-state index contributed by atoms with van der Waals surface area (Å²) in [6.07, 6.45) is 0. The van der Waals surface area contributed by atoms with Gasteiger partial charge < -0.3 is 10.1 Å². The van der Waals surface area contributed by atoms with Crippen molar-refractivity contribution in [1.29, 1.82) is 0 Å². The Bertz CT molecular complexity index is 716. The number of nitrogens with one attached hydrogen (secondary N) is 1. The molecular formula is C18H19ClFNO2. The van der Waals surface area contributed by atoms with E-state index in [4.69, 9.17) is 16.3 Å². The van der Waals surface area contributed by atoms with E-state index in [1.54, 1.807) is 36.4 Å². The molecule has 0 unspecified atom stereocenters. The Kier molecular flexibility index (Phi) is 5.26. The Morgan fingerprint density at radius 3 is 2.61 bits per heavy atom. The highest BCUT2D eigenvalue weighted by Crippen LogP contribution is 2.26. The van der Waals surface area contributed by atoms with Crippen LogP contribution in [-0.2, 0) is 5.41 Å². The standard InChI is InChI=1S/C18H19ClFNO2/c1-18(2,14-6-4-5-7-15(14)20)11-21-17(22)13-9-8-12(19)10-16(13)23-3/h4-10H,11H2,1-3H3,(H,21,22). The second-order valence-electron chi connectivity index (χ2n) is 5.89. The lowest BCUT2D eigenvalue weighted by molar-refractivity contribution is 0.0942. The summed E-state index contributed by atoms with van der Waals surface area (Å²) >= 11 is 5.89. The highest BCUT2D eigenvalue weighted by Gasteiger charge is 2.25. The maximum absolute atomic E-state index is 13.9. The van der Waals surface area contributed by atoms with Gasteiger partial charge in [-0.15, -0.1) is 0 Å². The summed E-state index contributed by atoms with van der Waals surface area (Å²) in [5.74, 6) is -0.169. The van der Waals surface area contributed by atoms with E-state index in [1.165, 1.54) is 13.2 Å². The fraction of sp³-hybridized carbons (Fsp3) is 0.278. The van der Waals surface area contributed by atoms with Gasteiger partial charge in [0.05, 0.1) is 12.7 Å². The van der Waals surface area contributed by atoms with Crippen LogP contribution in [-0.4, -0.2) is 19.6 Å². The molecule has 2 rings (SSSR count). The molecule has 5 heteroatoms. The van der Waals surface area contributed by atoms with Gasteiger partial charge in [-0.05, 0) is 29.8 Å². The molecule has 1 amide bonds. The molecule has 2 aromatic rings. The number of rotatable bonds is 5. The van der Waals surface area contributed by atoms with Gasteiger partial charge in [0.1, 0.15) is 11.6 Å². The van der Waals surface area contributed by atoms with E-state index < -0.39 is 5.41 Å². The van der Waals surface area contributed by atoms with Crippen LogP contribution in [0, 0.1) is 5.82 Å². The van der Waals surface area contributed by atoms with Gasteiger partial charge in [0, 0.05) is 17.0 Å². The Morgan fingerprint density at radius 1 is 1.26 bits per heavy atom. The van der Waals surface area contributed by atoms with Gasteiger partial charge in [0.2, 0.25) is 0 Å². The van der Waals surface area contributed by atoms with E-state index in [9.17, 15) is 9.18 Å². The summed E-state index contributed by atoms with van der Waals surface area (Å²) in [6, 6.07) is 11.4. The van der Waals surface area contributed by atoms with Crippen molar-refractivity contribution in [2.75, 3.05) is 13.7 Å². The minimum Gasteiger partial charge on any atom is -0.496 e. The molecule has 0 aliphatic heterocycles. The van der Waals surface area contributed by atoms with Crippen molar-refractivity contribution in [2.24, 2.45) is 0 Å². The van der Waals surface area contributed by atoms with Crippen molar-refractivity contribution in [1.82, 2.24) is 5.32 Å². The third-order valence-corrected chi connectivity index (χ3v) is 3.94. The highest BCUT2D eigenvalue weighted by atomic mass is 35.5. The first-order valence-electron chi connectivity index (χ1n) is 7.22. The molecule has 0 aromatic heterocycles. The summed E-state index contributed by atoms with van der Waals surface area (Å²) in [7, 11) is 1.48. The maximum Gasteiger partial charge on any atom is 0.255 e. The Balaban J connectivity index is 2.14. The molecule has 122 valence electrons. The summed E-state index contributed by atoms with van der Waals surface area (Å²) in [5, 5.41) is 3.32. The summed E-state index contributed by atoms with van der Waals surface area (Å²) in [6.45, 7) is 4.05. The maximum atomic E-state index is 13.9. The first kappa shape index (κ1) is 17.3. The summed E-state index contributed by atoms with van der Waals surface area (Å²) in [5.41, 5.74) is 0.408. The minimum absolute atomic E-state index is 0.282. The van der Waals surface area contributed by atoms with E-state index in [0.717, 1.165) is 0 Å². The molecule has 0 aliphatic rings. The number of ether oxygens (including phenoxy) is 1. The Morgan fingerprint density at radius 2 is 1.96 bits per heavy atom. The van der Waals surface area contributed by atoms with Gasteiger partial charge in [-0.25, -0.2) is 4.39 Å². The van der Waals surface area contributed by atoms with E-state index in [-0.39, 0.29) is 11.7 Å². The van der Waals surface area contributed by atoms with Crippen LogP contribution in [0.2, 0.25) is 5.02 Å². The molecule has 0 saturated carbocycles. The van der Waals surface area contributed by atoms with Crippen molar-refractivity contribution >= 4 is 17.5 Å². The van der Waals surface area contributed by atoms with Gasteiger partial charge in [0.25, 0.3) is 5.91 Å². The molecule has 2 aromatic carbocycles. The van der Waals surface area contributed by atoms with Crippen molar-refractivity contribution in [2.45, 2.75) is 19.3 Å². The van der Waals surface area contributed by atoms with Crippen LogP contribution < -0.4 is 10.1 Å². The molecule has 0 bridgehead atoms. The third-order valence-electron chi connectivity index (χ3n) is 3.70. The molecule has 0 spiro atoms. The first-order chi connectivity index (χ1) is 10.8. The van der Waals surface area contributed by atoms with Crippen LogP contribution in [0.3, 0.4) is 0 Å². The summed E-state index contributed by atoms with van der Waals surface area (Å²) < 4.78 is 19.1. The molecule has 1 N–H and O–H groups in total. The molecule has 0 atom stereocenters. The zero-order valence-electron chi connectivity index (χ0n) is 13.3. The number of amides is 1. The fourth-order valence-electron chi connectivity index (χ4n) is 2.35. The monoisotopic (exact) mass is 335 g/mol. The Labute approximate surface area is 140 Å². The van der Waals surface area contributed by atoms with Gasteiger partial charge in [-0.1, -0.05) is 43.6 Å². The number of hydrogen-bond acceptors (Lipinski definition) is 2. The van der Waals surface area contributed by atoms with Crippen molar-refractivity contribution < 1.29 is 13.9 Å². The zero-order chi connectivity index (χ0) is 17.0. The molecule has 0 saturated heterocycles. The molecule has 0 aliphatic carbocycles. The topological polar surface area (TPSA) is 38.3 Å². The lowest BCUT2D eigenvalue weighted by Crippen LogP contribution is -2.37. The van der Waals surface area contributed by atoms with Crippen molar-refractivity contribution in [3.8, 4) is 5.75 Å². The van der Waals surface area contributed by atoms with Crippen LogP contribution >= 0.6 is 11.6 Å². The lowest BCUT2D eigenvalue weighted by Gasteiger charge is -2.26. The van der Waals surface area contributed by atoms with Crippen LogP contribution in [0.4, 0.5) is 4.39 Å². The second-order valence-corrected chi connectivity index (χ2v) is 6.33. The van der Waals surface area contributed by atoms with Gasteiger partial charge in [-0.3, -0.25) is 4.79 Å².